The topological polar surface area (TPSA) is 79.3 Å². The lowest BCUT2D eigenvalue weighted by atomic mass is 10.2. The van der Waals surface area contributed by atoms with Crippen molar-refractivity contribution >= 4 is 17.6 Å². The first-order chi connectivity index (χ1) is 8.29. The second-order valence-corrected chi connectivity index (χ2v) is 3.38. The van der Waals surface area contributed by atoms with Crippen molar-refractivity contribution in [2.75, 3.05) is 5.32 Å². The Morgan fingerprint density at radius 1 is 1.33 bits per heavy atom. The number of amides is 1. The number of nitrogens with zero attached hydrogens (tertiary/aromatic N) is 1. The van der Waals surface area contributed by atoms with Crippen molar-refractivity contribution in [3.8, 4) is 0 Å². The molecule has 8 heteroatoms. The second-order valence-electron chi connectivity index (χ2n) is 3.38. The standard InChI is InChI=1S/C10H9F3N2O3/c11-10(12,13)9(18)15-7-2-1-6(14-5-7)3-4-8(16)17/h1-2,5H,3-4H2,(H,15,18)(H,16,17). The monoisotopic (exact) mass is 262 g/mol. The molecule has 0 unspecified atom stereocenters. The molecule has 98 valence electrons. The molecule has 0 saturated heterocycles. The average molecular weight is 262 g/mol. The lowest BCUT2D eigenvalue weighted by Gasteiger charge is -2.07. The Bertz CT molecular complexity index is 443. The van der Waals surface area contributed by atoms with Gasteiger partial charge in [-0.05, 0) is 12.1 Å². The van der Waals surface area contributed by atoms with Crippen LogP contribution in [0.25, 0.3) is 0 Å². The van der Waals surface area contributed by atoms with Crippen LogP contribution in [-0.2, 0) is 16.0 Å². The Morgan fingerprint density at radius 2 is 2.00 bits per heavy atom. The highest BCUT2D eigenvalue weighted by Crippen LogP contribution is 2.17. The van der Waals surface area contributed by atoms with Gasteiger partial charge in [0.15, 0.2) is 0 Å². The molecule has 0 aliphatic rings. The van der Waals surface area contributed by atoms with Crippen LogP contribution >= 0.6 is 0 Å². The van der Waals surface area contributed by atoms with E-state index in [9.17, 15) is 22.8 Å². The van der Waals surface area contributed by atoms with Crippen LogP contribution < -0.4 is 5.32 Å². The van der Waals surface area contributed by atoms with E-state index in [0.717, 1.165) is 6.20 Å². The smallest absolute Gasteiger partial charge is 0.471 e. The van der Waals surface area contributed by atoms with Crippen molar-refractivity contribution in [3.05, 3.63) is 24.0 Å². The van der Waals surface area contributed by atoms with Gasteiger partial charge in [0.05, 0.1) is 18.3 Å². The minimum atomic E-state index is -4.96. The number of alkyl halides is 3. The van der Waals surface area contributed by atoms with Crippen LogP contribution in [0.3, 0.4) is 0 Å². The summed E-state index contributed by atoms with van der Waals surface area (Å²) in [4.78, 5) is 24.6. The van der Waals surface area contributed by atoms with Gasteiger partial charge < -0.3 is 10.4 Å². The third-order valence-corrected chi connectivity index (χ3v) is 1.94. The summed E-state index contributed by atoms with van der Waals surface area (Å²) in [6.45, 7) is 0. The van der Waals surface area contributed by atoms with Crippen molar-refractivity contribution in [2.24, 2.45) is 0 Å². The summed E-state index contributed by atoms with van der Waals surface area (Å²) in [5.41, 5.74) is 0.318. The largest absolute Gasteiger partial charge is 0.481 e. The normalized spacial score (nSPS) is 11.1. The number of hydrogen-bond acceptors (Lipinski definition) is 3. The molecule has 1 aromatic rings. The van der Waals surface area contributed by atoms with Gasteiger partial charge in [-0.3, -0.25) is 14.6 Å². The molecule has 1 heterocycles. The maximum absolute atomic E-state index is 11.9. The summed E-state index contributed by atoms with van der Waals surface area (Å²) in [6.07, 6.45) is -3.87. The zero-order valence-electron chi connectivity index (χ0n) is 8.99. The molecule has 1 amide bonds. The molecule has 0 aromatic carbocycles. The van der Waals surface area contributed by atoms with Crippen LogP contribution in [0.1, 0.15) is 12.1 Å². The predicted octanol–water partition coefficient (Wildman–Crippen LogP) is 1.60. The predicted molar refractivity (Wildman–Crippen MR) is 54.9 cm³/mol. The van der Waals surface area contributed by atoms with Gasteiger partial charge in [-0.25, -0.2) is 0 Å². The molecule has 0 radical (unpaired) electrons. The van der Waals surface area contributed by atoms with E-state index >= 15 is 0 Å². The summed E-state index contributed by atoms with van der Waals surface area (Å²) >= 11 is 0. The van der Waals surface area contributed by atoms with Crippen LogP contribution in [-0.4, -0.2) is 28.1 Å². The van der Waals surface area contributed by atoms with Gasteiger partial charge in [0.1, 0.15) is 0 Å². The maximum Gasteiger partial charge on any atom is 0.471 e. The Kier molecular flexibility index (Phi) is 4.24. The highest BCUT2D eigenvalue weighted by Gasteiger charge is 2.38. The van der Waals surface area contributed by atoms with Crippen LogP contribution in [0.4, 0.5) is 18.9 Å². The van der Waals surface area contributed by atoms with Crippen LogP contribution in [0, 0.1) is 0 Å². The van der Waals surface area contributed by atoms with Gasteiger partial charge in [-0.15, -0.1) is 0 Å². The van der Waals surface area contributed by atoms with Gasteiger partial charge >= 0.3 is 18.1 Å². The van der Waals surface area contributed by atoms with Crippen molar-refractivity contribution < 1.29 is 27.9 Å². The molecule has 0 bridgehead atoms. The number of hydrogen-bond donors (Lipinski definition) is 2. The van der Waals surface area contributed by atoms with Crippen LogP contribution in [0.15, 0.2) is 18.3 Å². The number of aryl methyl sites for hydroxylation is 1. The number of pyridine rings is 1. The number of carboxylic acids is 1. The fourth-order valence-electron chi connectivity index (χ4n) is 1.08. The van der Waals surface area contributed by atoms with Crippen molar-refractivity contribution in [2.45, 2.75) is 19.0 Å². The summed E-state index contributed by atoms with van der Waals surface area (Å²) in [7, 11) is 0. The number of carboxylic acid groups (broad SMARTS) is 1. The first-order valence-corrected chi connectivity index (χ1v) is 4.84. The van der Waals surface area contributed by atoms with Crippen molar-refractivity contribution in [3.63, 3.8) is 0 Å². The number of nitrogens with one attached hydrogen (secondary N) is 1. The highest BCUT2D eigenvalue weighted by atomic mass is 19.4. The van der Waals surface area contributed by atoms with Gasteiger partial charge in [0.2, 0.25) is 0 Å². The van der Waals surface area contributed by atoms with Gasteiger partial charge in [0.25, 0.3) is 0 Å². The quantitative estimate of drug-likeness (QED) is 0.863. The highest BCUT2D eigenvalue weighted by molar-refractivity contribution is 5.94. The second kappa shape index (κ2) is 5.48. The Labute approximate surface area is 99.6 Å². The molecule has 0 saturated carbocycles. The average Bonchev–Trinajstić information content (AvgIpc) is 2.26. The fraction of sp³-hybridized carbons (Fsp3) is 0.300. The molecule has 0 fully saturated rings. The first-order valence-electron chi connectivity index (χ1n) is 4.84. The van der Waals surface area contributed by atoms with E-state index in [2.05, 4.69) is 4.98 Å². The SMILES string of the molecule is O=C(O)CCc1ccc(NC(=O)C(F)(F)F)cn1. The number of aliphatic carboxylic acids is 1. The molecule has 0 spiro atoms. The third kappa shape index (κ3) is 4.40. The molecule has 5 nitrogen and oxygen atoms in total. The van der Waals surface area contributed by atoms with E-state index in [1.807, 2.05) is 0 Å². The van der Waals surface area contributed by atoms with Crippen molar-refractivity contribution in [1.29, 1.82) is 0 Å². The van der Waals surface area contributed by atoms with Crippen LogP contribution in [0.5, 0.6) is 0 Å². The molecular formula is C10H9F3N2O3. The molecule has 2 N–H and O–H groups in total. The number of anilines is 1. The summed E-state index contributed by atoms with van der Waals surface area (Å²) in [5, 5.41) is 10.1. The zero-order chi connectivity index (χ0) is 13.8. The molecular weight excluding hydrogens is 253 g/mol. The van der Waals surface area contributed by atoms with Gasteiger partial charge in [0, 0.05) is 12.1 Å². The number of carbonyl (C=O) groups excluding carboxylic acids is 1. The summed E-state index contributed by atoms with van der Waals surface area (Å²) < 4.78 is 35.8. The van der Waals surface area contributed by atoms with E-state index < -0.39 is 18.1 Å². The molecule has 0 aliphatic carbocycles. The molecule has 0 atom stereocenters. The van der Waals surface area contributed by atoms with Gasteiger partial charge in [-0.1, -0.05) is 0 Å². The third-order valence-electron chi connectivity index (χ3n) is 1.94. The van der Waals surface area contributed by atoms with E-state index in [1.165, 1.54) is 12.1 Å². The molecule has 18 heavy (non-hydrogen) atoms. The minimum absolute atomic E-state index is 0.101. The summed E-state index contributed by atoms with van der Waals surface area (Å²) in [6, 6.07) is 2.59. The van der Waals surface area contributed by atoms with E-state index in [0.29, 0.717) is 5.69 Å². The Balaban J connectivity index is 2.60. The van der Waals surface area contributed by atoms with Crippen molar-refractivity contribution in [1.82, 2.24) is 4.98 Å². The molecule has 0 aliphatic heterocycles. The Morgan fingerprint density at radius 3 is 2.44 bits per heavy atom. The summed E-state index contributed by atoms with van der Waals surface area (Å²) in [5.74, 6) is -3.08. The van der Waals surface area contributed by atoms with E-state index in [4.69, 9.17) is 5.11 Å². The van der Waals surface area contributed by atoms with Crippen LogP contribution in [0.2, 0.25) is 0 Å². The number of rotatable bonds is 4. The zero-order valence-corrected chi connectivity index (χ0v) is 8.99. The number of carbonyl (C=O) groups is 2. The minimum Gasteiger partial charge on any atom is -0.481 e. The van der Waals surface area contributed by atoms with E-state index in [1.54, 1.807) is 5.32 Å². The Hall–Kier alpha value is -2.12. The van der Waals surface area contributed by atoms with E-state index in [-0.39, 0.29) is 18.5 Å². The molecule has 1 rings (SSSR count). The lowest BCUT2D eigenvalue weighted by Crippen LogP contribution is -2.29. The van der Waals surface area contributed by atoms with Gasteiger partial charge in [-0.2, -0.15) is 13.2 Å². The number of halogens is 3. The molecule has 1 aromatic heterocycles. The fourth-order valence-corrected chi connectivity index (χ4v) is 1.08. The maximum atomic E-state index is 11.9. The first kappa shape index (κ1) is 13.9. The lowest BCUT2D eigenvalue weighted by molar-refractivity contribution is -0.167. The number of aromatic nitrogens is 1.